The van der Waals surface area contributed by atoms with Crippen LogP contribution in [-0.4, -0.2) is 43.2 Å². The third kappa shape index (κ3) is 5.34. The molecule has 0 aliphatic carbocycles. The highest BCUT2D eigenvalue weighted by Gasteiger charge is 2.18. The molecule has 1 unspecified atom stereocenters. The van der Waals surface area contributed by atoms with Gasteiger partial charge < -0.3 is 15.4 Å². The van der Waals surface area contributed by atoms with Crippen LogP contribution < -0.4 is 10.6 Å². The molecule has 7 heteroatoms. The van der Waals surface area contributed by atoms with Gasteiger partial charge in [0.1, 0.15) is 17.3 Å². The number of para-hydroxylation sites is 1. The summed E-state index contributed by atoms with van der Waals surface area (Å²) in [6, 6.07) is 10.9. The molecule has 3 rings (SSSR count). The van der Waals surface area contributed by atoms with Crippen LogP contribution in [0, 0.1) is 11.6 Å². The number of ether oxygens (including phenoxy) is 1. The normalized spacial score (nSPS) is 16.0. The van der Waals surface area contributed by atoms with Crippen LogP contribution in [-0.2, 0) is 22.6 Å². The molecule has 2 aromatic carbocycles. The summed E-state index contributed by atoms with van der Waals surface area (Å²) in [5, 5.41) is 5.46. The molecule has 0 bridgehead atoms. The Hall–Kier alpha value is -2.35. The molecule has 1 atom stereocenters. The average Bonchev–Trinajstić information content (AvgIpc) is 2.70. The predicted molar refractivity (Wildman–Crippen MR) is 104 cm³/mol. The molecule has 1 amide bonds. The van der Waals surface area contributed by atoms with Crippen LogP contribution in [0.5, 0.6) is 0 Å². The van der Waals surface area contributed by atoms with E-state index in [-0.39, 0.29) is 0 Å². The van der Waals surface area contributed by atoms with Crippen molar-refractivity contribution in [2.45, 2.75) is 26.1 Å². The average molecular weight is 389 g/mol. The number of hydrogen-bond donors (Lipinski definition) is 2. The van der Waals surface area contributed by atoms with Gasteiger partial charge in [-0.3, -0.25) is 9.69 Å². The smallest absolute Gasteiger partial charge is 0.241 e. The van der Waals surface area contributed by atoms with Gasteiger partial charge in [-0.15, -0.1) is 0 Å². The summed E-state index contributed by atoms with van der Waals surface area (Å²) >= 11 is 0. The van der Waals surface area contributed by atoms with Crippen LogP contribution in [0.4, 0.5) is 14.5 Å². The lowest BCUT2D eigenvalue weighted by atomic mass is 10.1. The zero-order valence-corrected chi connectivity index (χ0v) is 15.9. The highest BCUT2D eigenvalue weighted by molar-refractivity contribution is 5.94. The third-order valence-electron chi connectivity index (χ3n) is 4.82. The zero-order valence-electron chi connectivity index (χ0n) is 15.9. The minimum Gasteiger partial charge on any atom is -0.379 e. The Labute approximate surface area is 163 Å². The first-order valence-corrected chi connectivity index (χ1v) is 9.39. The monoisotopic (exact) mass is 389 g/mol. The summed E-state index contributed by atoms with van der Waals surface area (Å²) in [7, 11) is 0. The molecule has 1 aliphatic rings. The molecule has 28 heavy (non-hydrogen) atoms. The van der Waals surface area contributed by atoms with Crippen molar-refractivity contribution in [3.05, 3.63) is 65.2 Å². The Bertz CT molecular complexity index is 790. The molecular formula is C21H25F2N3O2. The number of rotatable bonds is 7. The Kier molecular flexibility index (Phi) is 7.08. The minimum atomic E-state index is -0.795. The Morgan fingerprint density at radius 1 is 1.07 bits per heavy atom. The molecule has 0 saturated carbocycles. The number of carbonyl (C=O) groups excluding carboxylic acids is 1. The molecule has 2 aromatic rings. The molecule has 0 spiro atoms. The Morgan fingerprint density at radius 3 is 2.39 bits per heavy atom. The van der Waals surface area contributed by atoms with Gasteiger partial charge in [-0.05, 0) is 30.2 Å². The van der Waals surface area contributed by atoms with Gasteiger partial charge in [-0.2, -0.15) is 0 Å². The highest BCUT2D eigenvalue weighted by atomic mass is 19.1. The van der Waals surface area contributed by atoms with E-state index in [2.05, 4.69) is 21.6 Å². The second kappa shape index (κ2) is 9.73. The summed E-state index contributed by atoms with van der Waals surface area (Å²) in [6.45, 7) is 6.24. The van der Waals surface area contributed by atoms with Crippen LogP contribution in [0.15, 0.2) is 42.5 Å². The lowest BCUT2D eigenvalue weighted by Crippen LogP contribution is -2.38. The van der Waals surface area contributed by atoms with Crippen LogP contribution in [0.3, 0.4) is 0 Å². The number of hydrogen-bond acceptors (Lipinski definition) is 4. The van der Waals surface area contributed by atoms with Gasteiger partial charge in [0, 0.05) is 26.2 Å². The summed E-state index contributed by atoms with van der Waals surface area (Å²) in [5.41, 5.74) is 1.85. The molecule has 1 heterocycles. The minimum absolute atomic E-state index is 0.422. The van der Waals surface area contributed by atoms with E-state index < -0.39 is 29.3 Å². The molecule has 1 fully saturated rings. The molecule has 5 nitrogen and oxygen atoms in total. The van der Waals surface area contributed by atoms with E-state index in [9.17, 15) is 13.6 Å². The van der Waals surface area contributed by atoms with Gasteiger partial charge >= 0.3 is 0 Å². The van der Waals surface area contributed by atoms with Crippen molar-refractivity contribution in [1.82, 2.24) is 10.2 Å². The van der Waals surface area contributed by atoms with Gasteiger partial charge in [0.2, 0.25) is 5.91 Å². The van der Waals surface area contributed by atoms with E-state index in [1.807, 2.05) is 18.2 Å². The molecule has 0 aromatic heterocycles. The molecular weight excluding hydrogens is 364 g/mol. The fourth-order valence-electron chi connectivity index (χ4n) is 3.09. The molecule has 150 valence electrons. The van der Waals surface area contributed by atoms with Gasteiger partial charge in [-0.1, -0.05) is 30.3 Å². The summed E-state index contributed by atoms with van der Waals surface area (Å²) in [6.07, 6.45) is 0. The molecule has 2 N–H and O–H groups in total. The van der Waals surface area contributed by atoms with Crippen molar-refractivity contribution in [3.8, 4) is 0 Å². The number of morpholine rings is 1. The Balaban J connectivity index is 1.58. The number of benzene rings is 2. The number of nitrogens with one attached hydrogen (secondary N) is 2. The Morgan fingerprint density at radius 2 is 1.71 bits per heavy atom. The second-order valence-corrected chi connectivity index (χ2v) is 6.85. The fourth-order valence-corrected chi connectivity index (χ4v) is 3.09. The van der Waals surface area contributed by atoms with Gasteiger partial charge in [-0.25, -0.2) is 8.78 Å². The van der Waals surface area contributed by atoms with Crippen molar-refractivity contribution in [2.75, 3.05) is 31.6 Å². The summed E-state index contributed by atoms with van der Waals surface area (Å²) < 4.78 is 32.8. The van der Waals surface area contributed by atoms with E-state index in [1.54, 1.807) is 6.92 Å². The predicted octanol–water partition coefficient (Wildman–Crippen LogP) is 2.91. The van der Waals surface area contributed by atoms with E-state index in [0.717, 1.165) is 50.5 Å². The molecule has 0 radical (unpaired) electrons. The maximum Gasteiger partial charge on any atom is 0.241 e. The first-order valence-electron chi connectivity index (χ1n) is 9.39. The van der Waals surface area contributed by atoms with E-state index in [1.165, 1.54) is 11.6 Å². The quantitative estimate of drug-likeness (QED) is 0.765. The van der Waals surface area contributed by atoms with Gasteiger partial charge in [0.05, 0.1) is 19.3 Å². The van der Waals surface area contributed by atoms with Gasteiger partial charge in [0.25, 0.3) is 0 Å². The maximum absolute atomic E-state index is 13.7. The second-order valence-electron chi connectivity index (χ2n) is 6.85. The lowest BCUT2D eigenvalue weighted by Gasteiger charge is -2.27. The van der Waals surface area contributed by atoms with Crippen molar-refractivity contribution in [3.63, 3.8) is 0 Å². The van der Waals surface area contributed by atoms with Crippen molar-refractivity contribution in [2.24, 2.45) is 0 Å². The fraction of sp³-hybridized carbons (Fsp3) is 0.381. The van der Waals surface area contributed by atoms with Crippen LogP contribution >= 0.6 is 0 Å². The topological polar surface area (TPSA) is 53.6 Å². The number of anilines is 1. The number of halogens is 2. The third-order valence-corrected chi connectivity index (χ3v) is 4.82. The number of amides is 1. The van der Waals surface area contributed by atoms with E-state index in [0.29, 0.717) is 6.54 Å². The van der Waals surface area contributed by atoms with Crippen LogP contribution in [0.25, 0.3) is 0 Å². The van der Waals surface area contributed by atoms with E-state index in [4.69, 9.17) is 4.74 Å². The highest BCUT2D eigenvalue weighted by Crippen LogP contribution is 2.18. The first kappa shape index (κ1) is 20.4. The van der Waals surface area contributed by atoms with E-state index >= 15 is 0 Å². The zero-order chi connectivity index (χ0) is 19.9. The lowest BCUT2D eigenvalue weighted by molar-refractivity contribution is -0.117. The van der Waals surface area contributed by atoms with Crippen molar-refractivity contribution in [1.29, 1.82) is 0 Å². The summed E-state index contributed by atoms with van der Waals surface area (Å²) in [4.78, 5) is 14.6. The maximum atomic E-state index is 13.7. The standard InChI is InChI=1S/C21H25F2N3O2/c1-15(21(27)25-20-18(22)7-4-8-19(20)23)24-13-16-5-2-3-6-17(16)14-26-9-11-28-12-10-26/h2-8,15,24H,9-14H2,1H3,(H,25,27). The van der Waals surface area contributed by atoms with Crippen molar-refractivity contribution >= 4 is 11.6 Å². The van der Waals surface area contributed by atoms with Crippen LogP contribution in [0.1, 0.15) is 18.1 Å². The summed E-state index contributed by atoms with van der Waals surface area (Å²) in [5.74, 6) is -2.08. The molecule has 1 saturated heterocycles. The van der Waals surface area contributed by atoms with Gasteiger partial charge in [0.15, 0.2) is 0 Å². The number of carbonyl (C=O) groups is 1. The molecule has 1 aliphatic heterocycles. The number of nitrogens with zero attached hydrogens (tertiary/aromatic N) is 1. The largest absolute Gasteiger partial charge is 0.379 e. The van der Waals surface area contributed by atoms with Crippen molar-refractivity contribution < 1.29 is 18.3 Å². The SMILES string of the molecule is CC(NCc1ccccc1CN1CCOCC1)C(=O)Nc1c(F)cccc1F. The first-order chi connectivity index (χ1) is 13.5. The van der Waals surface area contributed by atoms with Crippen LogP contribution in [0.2, 0.25) is 0 Å².